The highest BCUT2D eigenvalue weighted by Crippen LogP contribution is 2.62. The van der Waals surface area contributed by atoms with E-state index in [4.69, 9.17) is 41.7 Å². The van der Waals surface area contributed by atoms with Crippen molar-refractivity contribution >= 4 is 31.3 Å². The maximum absolute atomic E-state index is 13.7. The van der Waals surface area contributed by atoms with E-state index in [0.717, 1.165) is 99.0 Å². The fraction of sp³-hybridized carbons (Fsp3) is 0.471. The van der Waals surface area contributed by atoms with Crippen LogP contribution in [0.2, 0.25) is 6.04 Å². The molecule has 1 fully saturated rings. The predicted octanol–water partition coefficient (Wildman–Crippen LogP) is 16.8. The molecule has 0 amide bonds. The summed E-state index contributed by atoms with van der Waals surface area (Å²) < 4.78 is 99.9. The lowest BCUT2D eigenvalue weighted by Crippen LogP contribution is -2.57. The van der Waals surface area contributed by atoms with Gasteiger partial charge in [0.05, 0.1) is 62.0 Å². The lowest BCUT2D eigenvalue weighted by molar-refractivity contribution is -0.137. The third kappa shape index (κ3) is 12.6. The Bertz CT molecular complexity index is 3210. The van der Waals surface area contributed by atoms with Crippen molar-refractivity contribution in [3.8, 4) is 45.3 Å². The van der Waals surface area contributed by atoms with E-state index in [1.54, 1.807) is 26.4 Å². The van der Waals surface area contributed by atoms with Gasteiger partial charge in [0.25, 0.3) is 0 Å². The molecule has 3 aliphatic rings. The summed E-state index contributed by atoms with van der Waals surface area (Å²) >= 11 is 0. The molecule has 0 aromatic heterocycles. The number of rotatable bonds is 19. The molecule has 6 aromatic rings. The first-order valence-electron chi connectivity index (χ1n) is 28.9. The van der Waals surface area contributed by atoms with Gasteiger partial charge in [0.15, 0.2) is 17.1 Å². The van der Waals surface area contributed by atoms with Crippen LogP contribution >= 0.6 is 0 Å². The standard InChI is InChI=1S/C68H84F3NO9Si/c1-16-66(17-2)56-42-46(45-18-21-49(22-19-45)68(69,70)71)20-31-52(56)59-54-43-57(73-14)58(74-15)44-55(54)61-53(60(59)66)32-33-67(78-61,47-23-27-50(28-24-47)72-35-37-75-38-36-72)48-25-29-51(30-26-48)76-39-40-77-65(12,13)34-41-82(79-62(3,4)5,80-63(6,7)8)81-64(9,10)11/h18-33,42-44H,16-17,34-41H2,1-15H3. The maximum Gasteiger partial charge on any atom is 0.502 e. The number of nitrogens with zero attached hydrogens (tertiary/aromatic N) is 1. The van der Waals surface area contributed by atoms with Crippen LogP contribution in [-0.4, -0.2) is 84.9 Å². The van der Waals surface area contributed by atoms with Crippen LogP contribution in [0.4, 0.5) is 18.9 Å². The number of fused-ring (bicyclic) bond motifs is 8. The largest absolute Gasteiger partial charge is 0.502 e. The van der Waals surface area contributed by atoms with Gasteiger partial charge in [0, 0.05) is 52.3 Å². The second kappa shape index (κ2) is 22.9. The Kier molecular flexibility index (Phi) is 17.0. The smallest absolute Gasteiger partial charge is 0.493 e. The van der Waals surface area contributed by atoms with Crippen LogP contribution in [0.5, 0.6) is 23.0 Å². The van der Waals surface area contributed by atoms with E-state index in [2.05, 4.69) is 99.3 Å². The average Bonchev–Trinajstić information content (AvgIpc) is 1.70. The van der Waals surface area contributed by atoms with E-state index in [0.29, 0.717) is 67.5 Å². The predicted molar refractivity (Wildman–Crippen MR) is 324 cm³/mol. The number of ether oxygens (including phenoxy) is 6. The van der Waals surface area contributed by atoms with Crippen LogP contribution in [0, 0.1) is 0 Å². The number of halogens is 3. The third-order valence-corrected chi connectivity index (χ3v) is 19.4. The topological polar surface area (TPSA) is 86.3 Å². The van der Waals surface area contributed by atoms with Crippen molar-refractivity contribution in [1.82, 2.24) is 0 Å². The van der Waals surface area contributed by atoms with E-state index < -0.39 is 54.0 Å². The quantitative estimate of drug-likeness (QED) is 0.0577. The molecule has 0 saturated carbocycles. The molecule has 0 bridgehead atoms. The SMILES string of the molecule is CCC1(CC)c2cc(-c3ccc(C(F)(F)F)cc3)ccc2-c2c1c1c(c3cc(OC)c(OC)cc23)OC(c2ccc(OCCOC(C)(C)CC[Si](OC(C)(C)C)(OC(C)(C)C)OC(C)(C)C)cc2)(c2ccc(N3CCOCC3)cc2)C=C1. The van der Waals surface area contributed by atoms with Gasteiger partial charge in [-0.15, -0.1) is 0 Å². The Balaban J connectivity index is 1.07. The average molecular weight is 1140 g/mol. The first-order valence-corrected chi connectivity index (χ1v) is 30.9. The zero-order valence-electron chi connectivity index (χ0n) is 50.8. The van der Waals surface area contributed by atoms with Gasteiger partial charge < -0.3 is 46.6 Å². The van der Waals surface area contributed by atoms with Gasteiger partial charge in [-0.3, -0.25) is 0 Å². The van der Waals surface area contributed by atoms with Crippen LogP contribution in [0.15, 0.2) is 109 Å². The van der Waals surface area contributed by atoms with Gasteiger partial charge in [0.1, 0.15) is 18.1 Å². The zero-order chi connectivity index (χ0) is 59.3. The monoisotopic (exact) mass is 1140 g/mol. The molecule has 2 aliphatic heterocycles. The first kappa shape index (κ1) is 60.7. The van der Waals surface area contributed by atoms with E-state index in [-0.39, 0.29) is 0 Å². The summed E-state index contributed by atoms with van der Waals surface area (Å²) in [4.78, 5) is 2.34. The zero-order valence-corrected chi connectivity index (χ0v) is 51.8. The van der Waals surface area contributed by atoms with Gasteiger partial charge >= 0.3 is 15.0 Å². The van der Waals surface area contributed by atoms with E-state index >= 15 is 0 Å². The van der Waals surface area contributed by atoms with Gasteiger partial charge in [0.2, 0.25) is 0 Å². The summed E-state index contributed by atoms with van der Waals surface area (Å²) in [5, 5.41) is 1.79. The highest BCUT2D eigenvalue weighted by Gasteiger charge is 2.51. The highest BCUT2D eigenvalue weighted by molar-refractivity contribution is 6.61. The Morgan fingerprint density at radius 1 is 0.634 bits per heavy atom. The number of hydrogen-bond acceptors (Lipinski definition) is 10. The minimum Gasteiger partial charge on any atom is -0.493 e. The van der Waals surface area contributed by atoms with Crippen LogP contribution in [-0.2, 0) is 39.9 Å². The molecular weight excluding hydrogens is 1060 g/mol. The minimum absolute atomic E-state index is 0.325. The number of anilines is 1. The molecule has 9 rings (SSSR count). The molecule has 2 heterocycles. The molecular formula is C68H84F3NO9Si. The summed E-state index contributed by atoms with van der Waals surface area (Å²) in [6.07, 6.45) is 2.15. The van der Waals surface area contributed by atoms with Gasteiger partial charge in [-0.25, -0.2) is 0 Å². The molecule has 1 saturated heterocycles. The van der Waals surface area contributed by atoms with Gasteiger partial charge in [-0.05, 0) is 195 Å². The summed E-state index contributed by atoms with van der Waals surface area (Å²) in [6, 6.07) is 33.2. The molecule has 6 aromatic carbocycles. The fourth-order valence-electron chi connectivity index (χ4n) is 12.2. The number of methoxy groups -OCH3 is 2. The van der Waals surface area contributed by atoms with Gasteiger partial charge in [-0.1, -0.05) is 68.5 Å². The number of hydrogen-bond donors (Lipinski definition) is 0. The molecule has 14 heteroatoms. The van der Waals surface area contributed by atoms with E-state index in [1.807, 2.05) is 86.6 Å². The highest BCUT2D eigenvalue weighted by atomic mass is 28.4. The Labute approximate surface area is 485 Å². The third-order valence-electron chi connectivity index (χ3n) is 15.8. The lowest BCUT2D eigenvalue weighted by atomic mass is 9.70. The minimum atomic E-state index is -4.43. The van der Waals surface area contributed by atoms with Gasteiger partial charge in [-0.2, -0.15) is 13.2 Å². The molecule has 0 radical (unpaired) electrons. The summed E-state index contributed by atoms with van der Waals surface area (Å²) in [5.74, 6) is 2.54. The number of alkyl halides is 3. The lowest BCUT2D eigenvalue weighted by Gasteiger charge is -2.44. The molecule has 82 heavy (non-hydrogen) atoms. The summed E-state index contributed by atoms with van der Waals surface area (Å²) in [6.45, 7) is 30.6. The Hall–Kier alpha value is -5.87. The molecule has 0 spiro atoms. The molecule has 440 valence electrons. The van der Waals surface area contributed by atoms with Crippen molar-refractivity contribution in [1.29, 1.82) is 0 Å². The molecule has 1 unspecified atom stereocenters. The molecule has 0 N–H and O–H groups in total. The summed E-state index contributed by atoms with van der Waals surface area (Å²) in [7, 11) is 0.0541. The molecule has 10 nitrogen and oxygen atoms in total. The first-order chi connectivity index (χ1) is 38.6. The van der Waals surface area contributed by atoms with Crippen molar-refractivity contribution in [2.45, 2.75) is 155 Å². The maximum atomic E-state index is 13.7. The van der Waals surface area contributed by atoms with Crippen molar-refractivity contribution in [3.05, 3.63) is 143 Å². The van der Waals surface area contributed by atoms with E-state index in [1.165, 1.54) is 0 Å². The second-order valence-electron chi connectivity index (χ2n) is 25.5. The van der Waals surface area contributed by atoms with Crippen molar-refractivity contribution in [2.24, 2.45) is 0 Å². The number of morpholine rings is 1. The second-order valence-corrected chi connectivity index (χ2v) is 28.0. The van der Waals surface area contributed by atoms with Crippen molar-refractivity contribution in [2.75, 3.05) is 58.6 Å². The molecule has 1 atom stereocenters. The van der Waals surface area contributed by atoms with Crippen LogP contribution < -0.4 is 23.8 Å². The Morgan fingerprint density at radius 3 is 1.72 bits per heavy atom. The number of benzene rings is 6. The van der Waals surface area contributed by atoms with Crippen LogP contribution in [0.3, 0.4) is 0 Å². The van der Waals surface area contributed by atoms with Crippen LogP contribution in [0.25, 0.3) is 39.1 Å². The molecule has 1 aliphatic carbocycles. The van der Waals surface area contributed by atoms with Crippen molar-refractivity contribution in [3.63, 3.8) is 0 Å². The normalized spacial score (nSPS) is 17.3. The van der Waals surface area contributed by atoms with Crippen molar-refractivity contribution < 1.29 is 54.9 Å². The Morgan fingerprint density at radius 2 is 1.18 bits per heavy atom. The fourth-order valence-corrected chi connectivity index (χ4v) is 16.3. The van der Waals surface area contributed by atoms with Crippen LogP contribution in [0.1, 0.15) is 143 Å². The van der Waals surface area contributed by atoms with E-state index in [9.17, 15) is 13.2 Å². The summed E-state index contributed by atoms with van der Waals surface area (Å²) in [5.41, 5.74) is 5.62.